The Hall–Kier alpha value is -2.67. The average Bonchev–Trinajstić information content (AvgIpc) is 2.97. The molecule has 4 aliphatic rings. The minimum atomic E-state index is -0.964. The SMILES string of the molecule is CC1=CC=CC(C)C(O)C(C)=CCC2CC(CC3(C=CC(C)C(C4CCCCC4)O3)O2)OC(=O)c2cc(C)c(O)cc21. The molecule has 228 valence electrons. The first kappa shape index (κ1) is 30.8. The van der Waals surface area contributed by atoms with E-state index >= 15 is 0 Å². The maximum absolute atomic E-state index is 13.8. The molecular weight excluding hydrogens is 528 g/mol. The molecule has 5 rings (SSSR count). The van der Waals surface area contributed by atoms with E-state index in [9.17, 15) is 15.0 Å². The molecule has 1 aromatic carbocycles. The summed E-state index contributed by atoms with van der Waals surface area (Å²) >= 11 is 0. The normalized spacial score (nSPS) is 34.9. The second-order valence-electron chi connectivity index (χ2n) is 13.1. The van der Waals surface area contributed by atoms with Crippen LogP contribution in [-0.4, -0.2) is 46.4 Å². The summed E-state index contributed by atoms with van der Waals surface area (Å²) < 4.78 is 19.9. The van der Waals surface area contributed by atoms with Gasteiger partial charge in [0.25, 0.3) is 0 Å². The van der Waals surface area contributed by atoms with Gasteiger partial charge in [-0.05, 0) is 86.4 Å². The third kappa shape index (κ3) is 6.77. The molecule has 1 saturated carbocycles. The van der Waals surface area contributed by atoms with E-state index < -0.39 is 24.0 Å². The Morgan fingerprint density at radius 2 is 1.69 bits per heavy atom. The fourth-order valence-electron chi connectivity index (χ4n) is 7.09. The summed E-state index contributed by atoms with van der Waals surface area (Å²) in [6, 6.07) is 3.34. The highest BCUT2D eigenvalue weighted by Gasteiger charge is 2.48. The molecule has 7 unspecified atom stereocenters. The molecule has 42 heavy (non-hydrogen) atoms. The van der Waals surface area contributed by atoms with Crippen LogP contribution in [0.3, 0.4) is 0 Å². The van der Waals surface area contributed by atoms with Crippen LogP contribution in [0, 0.1) is 24.7 Å². The van der Waals surface area contributed by atoms with E-state index in [1.165, 1.54) is 32.1 Å². The Bertz CT molecular complexity index is 1270. The van der Waals surface area contributed by atoms with E-state index in [1.54, 1.807) is 19.1 Å². The molecule has 1 saturated heterocycles. The molecule has 1 aliphatic carbocycles. The zero-order chi connectivity index (χ0) is 30.0. The van der Waals surface area contributed by atoms with Crippen LogP contribution in [0.4, 0.5) is 0 Å². The minimum absolute atomic E-state index is 0.0640. The van der Waals surface area contributed by atoms with Crippen molar-refractivity contribution < 1.29 is 29.2 Å². The second-order valence-corrected chi connectivity index (χ2v) is 13.1. The molecule has 3 heterocycles. The molecule has 0 radical (unpaired) electrons. The number of carbonyl (C=O) groups excluding carboxylic acids is 1. The predicted molar refractivity (Wildman–Crippen MR) is 165 cm³/mol. The van der Waals surface area contributed by atoms with E-state index in [4.69, 9.17) is 14.2 Å². The third-order valence-electron chi connectivity index (χ3n) is 9.71. The number of ether oxygens (including phenoxy) is 3. The number of esters is 1. The summed E-state index contributed by atoms with van der Waals surface area (Å²) in [6.07, 6.45) is 18.5. The molecule has 1 spiro atoms. The molecule has 0 aromatic heterocycles. The Morgan fingerprint density at radius 1 is 0.929 bits per heavy atom. The summed E-state index contributed by atoms with van der Waals surface area (Å²) in [5, 5.41) is 21.5. The Labute approximate surface area is 251 Å². The molecule has 2 bridgehead atoms. The van der Waals surface area contributed by atoms with Crippen LogP contribution in [0.2, 0.25) is 0 Å². The van der Waals surface area contributed by atoms with Crippen molar-refractivity contribution >= 4 is 11.5 Å². The van der Waals surface area contributed by atoms with Gasteiger partial charge in [0.15, 0.2) is 5.79 Å². The van der Waals surface area contributed by atoms with Crippen LogP contribution >= 0.6 is 0 Å². The fourth-order valence-corrected chi connectivity index (χ4v) is 7.09. The zero-order valence-electron chi connectivity index (χ0n) is 25.8. The number of phenolic OH excluding ortho intramolecular Hbond substituents is 1. The number of aromatic hydroxyl groups is 1. The first-order chi connectivity index (χ1) is 20.0. The monoisotopic (exact) mass is 576 g/mol. The van der Waals surface area contributed by atoms with Crippen molar-refractivity contribution in [1.82, 2.24) is 0 Å². The number of fused-ring (bicyclic) bond motifs is 3. The molecule has 6 heteroatoms. The van der Waals surface area contributed by atoms with Gasteiger partial charge in [0.1, 0.15) is 11.9 Å². The number of rotatable bonds is 1. The van der Waals surface area contributed by atoms with E-state index in [-0.39, 0.29) is 23.9 Å². The number of allylic oxidation sites excluding steroid dienone is 3. The number of aliphatic hydroxyl groups excluding tert-OH is 1. The third-order valence-corrected chi connectivity index (χ3v) is 9.71. The first-order valence-electron chi connectivity index (χ1n) is 15.8. The number of benzene rings is 1. The number of hydrogen-bond acceptors (Lipinski definition) is 6. The van der Waals surface area contributed by atoms with Gasteiger partial charge in [-0.15, -0.1) is 0 Å². The molecule has 0 amide bonds. The molecular formula is C36H48O6. The van der Waals surface area contributed by atoms with Gasteiger partial charge in [-0.25, -0.2) is 4.79 Å². The van der Waals surface area contributed by atoms with Gasteiger partial charge in [-0.3, -0.25) is 0 Å². The molecule has 6 nitrogen and oxygen atoms in total. The number of phenols is 1. The smallest absolute Gasteiger partial charge is 0.339 e. The lowest BCUT2D eigenvalue weighted by atomic mass is 9.79. The van der Waals surface area contributed by atoms with Gasteiger partial charge in [-0.1, -0.05) is 63.5 Å². The highest BCUT2D eigenvalue weighted by molar-refractivity contribution is 5.96. The second kappa shape index (κ2) is 12.9. The van der Waals surface area contributed by atoms with Crippen LogP contribution in [0.15, 0.2) is 54.2 Å². The van der Waals surface area contributed by atoms with E-state index in [2.05, 4.69) is 19.1 Å². The van der Waals surface area contributed by atoms with Crippen LogP contribution < -0.4 is 0 Å². The molecule has 2 fully saturated rings. The Balaban J connectivity index is 1.51. The largest absolute Gasteiger partial charge is 0.508 e. The lowest BCUT2D eigenvalue weighted by Gasteiger charge is -2.48. The van der Waals surface area contributed by atoms with Crippen molar-refractivity contribution in [2.45, 2.75) is 116 Å². The summed E-state index contributed by atoms with van der Waals surface area (Å²) in [5.74, 6) is -0.569. The van der Waals surface area contributed by atoms with Crippen LogP contribution in [0.25, 0.3) is 5.57 Å². The Kier molecular flexibility index (Phi) is 9.46. The van der Waals surface area contributed by atoms with Gasteiger partial charge in [0, 0.05) is 24.7 Å². The fraction of sp³-hybridized carbons (Fsp3) is 0.583. The summed E-state index contributed by atoms with van der Waals surface area (Å²) in [5.41, 5.74) is 3.37. The van der Waals surface area contributed by atoms with Gasteiger partial charge in [0.05, 0.1) is 23.9 Å². The maximum atomic E-state index is 13.8. The van der Waals surface area contributed by atoms with Crippen LogP contribution in [-0.2, 0) is 14.2 Å². The number of aliphatic hydroxyl groups is 1. The number of hydrogen-bond donors (Lipinski definition) is 2. The van der Waals surface area contributed by atoms with Crippen molar-refractivity contribution in [2.75, 3.05) is 0 Å². The maximum Gasteiger partial charge on any atom is 0.339 e. The van der Waals surface area contributed by atoms with Crippen molar-refractivity contribution in [3.05, 3.63) is 70.9 Å². The highest BCUT2D eigenvalue weighted by Crippen LogP contribution is 2.43. The van der Waals surface area contributed by atoms with Gasteiger partial charge < -0.3 is 24.4 Å². The summed E-state index contributed by atoms with van der Waals surface area (Å²) in [4.78, 5) is 13.8. The number of carbonyl (C=O) groups is 1. The lowest BCUT2D eigenvalue weighted by molar-refractivity contribution is -0.300. The minimum Gasteiger partial charge on any atom is -0.508 e. The van der Waals surface area contributed by atoms with Crippen molar-refractivity contribution in [2.24, 2.45) is 17.8 Å². The standard InChI is InChI=1S/C36H48O6/c1-22-10-9-11-23(2)33(38)24(3)14-15-28-19-29(40-35(39)31-18-26(5)32(37)20-30(22)31)21-36(41-28)17-16-25(4)34(42-36)27-12-7-6-8-13-27/h9-11,14,16-18,20,23,25,27-29,33-34,37-38H,6-8,12-13,15,19,21H2,1-5H3. The summed E-state index contributed by atoms with van der Waals surface area (Å²) in [7, 11) is 0. The van der Waals surface area contributed by atoms with Gasteiger partial charge in [-0.2, -0.15) is 0 Å². The van der Waals surface area contributed by atoms with Crippen molar-refractivity contribution in [3.8, 4) is 5.75 Å². The summed E-state index contributed by atoms with van der Waals surface area (Å²) in [6.45, 7) is 9.85. The zero-order valence-corrected chi connectivity index (χ0v) is 25.8. The molecule has 3 aliphatic heterocycles. The van der Waals surface area contributed by atoms with E-state index in [0.29, 0.717) is 47.8 Å². The van der Waals surface area contributed by atoms with Crippen LogP contribution in [0.5, 0.6) is 5.75 Å². The van der Waals surface area contributed by atoms with Crippen LogP contribution in [0.1, 0.15) is 101 Å². The first-order valence-corrected chi connectivity index (χ1v) is 15.8. The van der Waals surface area contributed by atoms with E-state index in [1.807, 2.05) is 45.1 Å². The topological polar surface area (TPSA) is 85.2 Å². The van der Waals surface area contributed by atoms with Gasteiger partial charge >= 0.3 is 5.97 Å². The average molecular weight is 577 g/mol. The van der Waals surface area contributed by atoms with E-state index in [0.717, 1.165) is 11.1 Å². The Morgan fingerprint density at radius 3 is 2.45 bits per heavy atom. The van der Waals surface area contributed by atoms with Crippen molar-refractivity contribution in [1.29, 1.82) is 0 Å². The quantitative estimate of drug-likeness (QED) is 0.265. The number of aryl methyl sites for hydroxylation is 1. The van der Waals surface area contributed by atoms with Gasteiger partial charge in [0.2, 0.25) is 0 Å². The molecule has 1 aromatic rings. The molecule has 2 N–H and O–H groups in total. The lowest BCUT2D eigenvalue weighted by Crippen LogP contribution is -2.53. The molecule has 7 atom stereocenters. The van der Waals surface area contributed by atoms with Crippen molar-refractivity contribution in [3.63, 3.8) is 0 Å². The highest BCUT2D eigenvalue weighted by atomic mass is 16.7. The predicted octanol–water partition coefficient (Wildman–Crippen LogP) is 7.58.